The summed E-state index contributed by atoms with van der Waals surface area (Å²) in [4.78, 5) is 17.5. The number of aliphatic imine (C=N–C) groups is 1. The third-order valence-electron chi connectivity index (χ3n) is 5.82. The normalized spacial score (nSPS) is 25.5. The summed E-state index contributed by atoms with van der Waals surface area (Å²) in [6, 6.07) is 18.5. The number of carbonyl (C=O) groups excluding carboxylic acids is 1. The van der Waals surface area contributed by atoms with E-state index >= 15 is 0 Å². The number of nitrogens with zero attached hydrogens (tertiary/aromatic N) is 1. The number of halogens is 2. The molecule has 0 radical (unpaired) electrons. The van der Waals surface area contributed by atoms with Crippen molar-refractivity contribution in [2.45, 2.75) is 31.7 Å². The van der Waals surface area contributed by atoms with Crippen molar-refractivity contribution in [3.8, 4) is 0 Å². The Hall–Kier alpha value is -2.56. The molecule has 4 atom stereocenters. The van der Waals surface area contributed by atoms with E-state index in [9.17, 15) is 13.6 Å². The van der Waals surface area contributed by atoms with Crippen molar-refractivity contribution in [3.63, 3.8) is 0 Å². The zero-order valence-electron chi connectivity index (χ0n) is 15.7. The number of hydrogen-bond donors (Lipinski definition) is 0. The molecule has 0 aromatic heterocycles. The average Bonchev–Trinajstić information content (AvgIpc) is 3.05. The van der Waals surface area contributed by atoms with Crippen LogP contribution in [0.25, 0.3) is 0 Å². The van der Waals surface area contributed by atoms with Crippen LogP contribution in [0, 0.1) is 17.8 Å². The van der Waals surface area contributed by atoms with Crippen molar-refractivity contribution < 1.29 is 18.3 Å². The highest BCUT2D eigenvalue weighted by Crippen LogP contribution is 2.66. The number of carbonyl (C=O) groups is 1. The third kappa shape index (κ3) is 3.46. The smallest absolute Gasteiger partial charge is 0.331 e. The molecule has 0 bridgehead atoms. The van der Waals surface area contributed by atoms with Crippen molar-refractivity contribution in [2.24, 2.45) is 22.7 Å². The number of fused-ring (bicyclic) bond motifs is 1. The molecule has 2 aliphatic rings. The van der Waals surface area contributed by atoms with E-state index in [1.807, 2.05) is 60.7 Å². The van der Waals surface area contributed by atoms with Crippen molar-refractivity contribution in [2.75, 3.05) is 6.61 Å². The fraction of sp³-hybridized carbons (Fsp3) is 0.391. The van der Waals surface area contributed by atoms with Crippen LogP contribution in [-0.4, -0.2) is 30.3 Å². The van der Waals surface area contributed by atoms with Gasteiger partial charge >= 0.3 is 5.97 Å². The summed E-state index contributed by atoms with van der Waals surface area (Å²) in [5.74, 6) is -4.43. The first-order chi connectivity index (χ1) is 13.5. The van der Waals surface area contributed by atoms with Crippen LogP contribution in [0.5, 0.6) is 0 Å². The molecule has 0 amide bonds. The second-order valence-corrected chi connectivity index (χ2v) is 7.53. The molecule has 0 saturated heterocycles. The van der Waals surface area contributed by atoms with E-state index in [1.165, 1.54) is 0 Å². The van der Waals surface area contributed by atoms with Crippen LogP contribution in [0.15, 0.2) is 65.7 Å². The standard InChI is InChI=1S/C23H23F2NO2/c1-2-28-22(27)21(17-13-18-19(14-17)23(18,24)25)26-20(15-9-5-3-6-10-15)16-11-7-4-8-12-16/h3-12,17-19,21H,2,13-14H2,1H3/t17?,18-,19?,21?/m0/s1. The molecule has 5 heteroatoms. The van der Waals surface area contributed by atoms with Crippen LogP contribution in [0.2, 0.25) is 0 Å². The van der Waals surface area contributed by atoms with Gasteiger partial charge in [0.05, 0.1) is 12.3 Å². The number of ether oxygens (including phenoxy) is 1. The summed E-state index contributed by atoms with van der Waals surface area (Å²) in [5.41, 5.74) is 2.46. The van der Waals surface area contributed by atoms with Gasteiger partial charge in [-0.1, -0.05) is 60.7 Å². The predicted octanol–water partition coefficient (Wildman–Crippen LogP) is 4.75. The molecule has 146 valence electrons. The van der Waals surface area contributed by atoms with Gasteiger partial charge in [-0.05, 0) is 25.7 Å². The molecule has 0 spiro atoms. The Kier molecular flexibility index (Phi) is 5.00. The maximum atomic E-state index is 13.7. The van der Waals surface area contributed by atoms with Crippen molar-refractivity contribution in [3.05, 3.63) is 71.8 Å². The molecular formula is C23H23F2NO2. The third-order valence-corrected chi connectivity index (χ3v) is 5.82. The maximum absolute atomic E-state index is 13.7. The molecule has 2 saturated carbocycles. The first-order valence-electron chi connectivity index (χ1n) is 9.75. The van der Waals surface area contributed by atoms with E-state index in [4.69, 9.17) is 9.73 Å². The summed E-state index contributed by atoms with van der Waals surface area (Å²) < 4.78 is 32.6. The lowest BCUT2D eigenvalue weighted by molar-refractivity contribution is -0.146. The molecule has 4 rings (SSSR count). The SMILES string of the molecule is CCOC(=O)C(N=C(c1ccccc1)c1ccccc1)C1CC2[C@H](C1)C2(F)F. The molecule has 0 heterocycles. The highest BCUT2D eigenvalue weighted by molar-refractivity contribution is 6.13. The van der Waals surface area contributed by atoms with Crippen LogP contribution >= 0.6 is 0 Å². The minimum absolute atomic E-state index is 0.212. The van der Waals surface area contributed by atoms with Gasteiger partial charge in [0.15, 0.2) is 6.04 Å². The predicted molar refractivity (Wildman–Crippen MR) is 104 cm³/mol. The zero-order valence-corrected chi connectivity index (χ0v) is 15.7. The van der Waals surface area contributed by atoms with Gasteiger partial charge in [0.2, 0.25) is 0 Å². The lowest BCUT2D eigenvalue weighted by Gasteiger charge is -2.22. The number of hydrogen-bond acceptors (Lipinski definition) is 3. The number of rotatable bonds is 6. The topological polar surface area (TPSA) is 38.7 Å². The molecule has 0 aliphatic heterocycles. The Labute approximate surface area is 163 Å². The Morgan fingerprint density at radius 2 is 1.54 bits per heavy atom. The number of esters is 1. The molecule has 3 nitrogen and oxygen atoms in total. The fourth-order valence-electron chi connectivity index (χ4n) is 4.33. The van der Waals surface area contributed by atoms with E-state index in [0.29, 0.717) is 18.6 Å². The molecule has 2 aliphatic carbocycles. The molecule has 28 heavy (non-hydrogen) atoms. The fourth-order valence-corrected chi connectivity index (χ4v) is 4.33. The van der Waals surface area contributed by atoms with Gasteiger partial charge in [0, 0.05) is 23.0 Å². The van der Waals surface area contributed by atoms with Crippen molar-refractivity contribution in [1.82, 2.24) is 0 Å². The van der Waals surface area contributed by atoms with Crippen LogP contribution in [0.3, 0.4) is 0 Å². The Morgan fingerprint density at radius 1 is 1.04 bits per heavy atom. The molecule has 2 aromatic rings. The van der Waals surface area contributed by atoms with Gasteiger partial charge < -0.3 is 4.74 Å². The average molecular weight is 383 g/mol. The van der Waals surface area contributed by atoms with Gasteiger partial charge in [0.25, 0.3) is 5.92 Å². The lowest BCUT2D eigenvalue weighted by Crippen LogP contribution is -2.32. The highest BCUT2D eigenvalue weighted by Gasteiger charge is 2.72. The van der Waals surface area contributed by atoms with Crippen LogP contribution in [-0.2, 0) is 9.53 Å². The van der Waals surface area contributed by atoms with Crippen molar-refractivity contribution >= 4 is 11.7 Å². The molecule has 0 N–H and O–H groups in total. The number of alkyl halides is 2. The summed E-state index contributed by atoms with van der Waals surface area (Å²) >= 11 is 0. The minimum Gasteiger partial charge on any atom is -0.464 e. The van der Waals surface area contributed by atoms with Gasteiger partial charge in [0.1, 0.15) is 0 Å². The monoisotopic (exact) mass is 383 g/mol. The minimum atomic E-state index is -2.57. The second kappa shape index (κ2) is 7.46. The van der Waals surface area contributed by atoms with Crippen LogP contribution in [0.1, 0.15) is 30.9 Å². The van der Waals surface area contributed by atoms with E-state index in [0.717, 1.165) is 11.1 Å². The Bertz CT molecular complexity index is 811. The van der Waals surface area contributed by atoms with Crippen LogP contribution < -0.4 is 0 Å². The summed E-state index contributed by atoms with van der Waals surface area (Å²) in [5, 5.41) is 0. The van der Waals surface area contributed by atoms with Crippen molar-refractivity contribution in [1.29, 1.82) is 0 Å². The van der Waals surface area contributed by atoms with E-state index < -0.39 is 29.8 Å². The molecule has 2 fully saturated rings. The zero-order chi connectivity index (χ0) is 19.7. The van der Waals surface area contributed by atoms with Gasteiger partial charge in [-0.25, -0.2) is 13.6 Å². The van der Waals surface area contributed by atoms with Gasteiger partial charge in [-0.15, -0.1) is 0 Å². The van der Waals surface area contributed by atoms with Crippen LogP contribution in [0.4, 0.5) is 8.78 Å². The summed E-state index contributed by atoms with van der Waals surface area (Å²) in [6.07, 6.45) is 0.642. The first kappa shape index (κ1) is 18.8. The lowest BCUT2D eigenvalue weighted by atomic mass is 9.93. The summed E-state index contributed by atoms with van der Waals surface area (Å²) in [7, 11) is 0. The second-order valence-electron chi connectivity index (χ2n) is 7.53. The highest BCUT2D eigenvalue weighted by atomic mass is 19.3. The Morgan fingerprint density at radius 3 is 2.00 bits per heavy atom. The molecule has 2 aromatic carbocycles. The van der Waals surface area contributed by atoms with Gasteiger partial charge in [-0.2, -0.15) is 0 Å². The summed E-state index contributed by atoms with van der Waals surface area (Å²) in [6.45, 7) is 1.99. The molecular weight excluding hydrogens is 360 g/mol. The van der Waals surface area contributed by atoms with E-state index in [-0.39, 0.29) is 12.5 Å². The number of benzene rings is 2. The first-order valence-corrected chi connectivity index (χ1v) is 9.75. The quantitative estimate of drug-likeness (QED) is 0.533. The van der Waals surface area contributed by atoms with Gasteiger partial charge in [-0.3, -0.25) is 4.99 Å². The molecule has 3 unspecified atom stereocenters. The van der Waals surface area contributed by atoms with E-state index in [1.54, 1.807) is 6.92 Å². The maximum Gasteiger partial charge on any atom is 0.331 e. The largest absolute Gasteiger partial charge is 0.464 e. The Balaban J connectivity index is 1.71. The van der Waals surface area contributed by atoms with E-state index in [2.05, 4.69) is 0 Å².